The lowest BCUT2D eigenvalue weighted by Gasteiger charge is -2.24. The summed E-state index contributed by atoms with van der Waals surface area (Å²) in [6.45, 7) is 5.50. The van der Waals surface area contributed by atoms with E-state index in [-0.39, 0.29) is 0 Å². The average Bonchev–Trinajstić information content (AvgIpc) is 2.29. The third-order valence-corrected chi connectivity index (χ3v) is 5.14. The minimum Gasteiger partial charge on any atom is -0.377 e. The highest BCUT2D eigenvalue weighted by molar-refractivity contribution is 6.60. The van der Waals surface area contributed by atoms with E-state index in [4.69, 9.17) is 13.3 Å². The molecule has 4 nitrogen and oxygen atoms in total. The van der Waals surface area contributed by atoms with Crippen LogP contribution in [0.5, 0.6) is 0 Å². The maximum Gasteiger partial charge on any atom is 0.500 e. The van der Waals surface area contributed by atoms with Gasteiger partial charge in [-0.1, -0.05) is 6.08 Å². The van der Waals surface area contributed by atoms with Gasteiger partial charge >= 0.3 is 8.80 Å². The predicted octanol–water partition coefficient (Wildman–Crippen LogP) is 1.42. The molecule has 0 aromatic carbocycles. The van der Waals surface area contributed by atoms with Gasteiger partial charge in [-0.2, -0.15) is 0 Å². The van der Waals surface area contributed by atoms with Crippen LogP contribution in [0.3, 0.4) is 0 Å². The normalized spacial score (nSPS) is 11.7. The van der Waals surface area contributed by atoms with Gasteiger partial charge in [-0.05, 0) is 19.4 Å². The fourth-order valence-electron chi connectivity index (χ4n) is 1.35. The molecule has 5 heteroatoms. The van der Waals surface area contributed by atoms with Crippen LogP contribution in [0, 0.1) is 0 Å². The lowest BCUT2D eigenvalue weighted by atomic mass is 10.3. The lowest BCUT2D eigenvalue weighted by molar-refractivity contribution is 0.123. The van der Waals surface area contributed by atoms with Gasteiger partial charge in [0.05, 0.1) is 0 Å². The Hall–Kier alpha value is -0.203. The van der Waals surface area contributed by atoms with E-state index in [2.05, 4.69) is 11.9 Å². The first-order valence-electron chi connectivity index (χ1n) is 5.21. The third-order valence-electron chi connectivity index (χ3n) is 2.31. The predicted molar refractivity (Wildman–Crippen MR) is 63.9 cm³/mol. The van der Waals surface area contributed by atoms with Gasteiger partial charge in [-0.25, -0.2) is 0 Å². The summed E-state index contributed by atoms with van der Waals surface area (Å²) in [6, 6.07) is 0.867. The second-order valence-electron chi connectivity index (χ2n) is 3.25. The fraction of sp³-hybridized carbons (Fsp3) is 0.800. The molecule has 0 bridgehead atoms. The maximum atomic E-state index is 5.32. The first-order valence-corrected chi connectivity index (χ1v) is 7.15. The zero-order valence-electron chi connectivity index (χ0n) is 10.0. The highest BCUT2D eigenvalue weighted by Gasteiger charge is 2.36. The summed E-state index contributed by atoms with van der Waals surface area (Å²) in [5.41, 5.74) is 0. The number of hydrogen-bond acceptors (Lipinski definition) is 4. The van der Waals surface area contributed by atoms with Crippen molar-refractivity contribution in [3.8, 4) is 0 Å². The van der Waals surface area contributed by atoms with Crippen molar-refractivity contribution in [1.29, 1.82) is 0 Å². The standard InChI is InChI=1S/C10H23NO3Si/c1-5-8-11-9-6-7-10-15(12-2,13-3)14-4/h5,11H,1,6-10H2,2-4H3. The molecule has 0 spiro atoms. The molecular weight excluding hydrogens is 210 g/mol. The zero-order valence-corrected chi connectivity index (χ0v) is 11.0. The Labute approximate surface area is 94.0 Å². The van der Waals surface area contributed by atoms with Crippen LogP contribution in [0.25, 0.3) is 0 Å². The number of nitrogens with one attached hydrogen (secondary N) is 1. The van der Waals surface area contributed by atoms with Crippen LogP contribution in [0.15, 0.2) is 12.7 Å². The second-order valence-corrected chi connectivity index (χ2v) is 6.34. The molecule has 15 heavy (non-hydrogen) atoms. The molecule has 0 rings (SSSR count). The molecule has 0 amide bonds. The Morgan fingerprint density at radius 1 is 1.13 bits per heavy atom. The van der Waals surface area contributed by atoms with Gasteiger partial charge in [0.2, 0.25) is 0 Å². The minimum absolute atomic E-state index is 0.863. The van der Waals surface area contributed by atoms with E-state index >= 15 is 0 Å². The van der Waals surface area contributed by atoms with Crippen LogP contribution in [-0.2, 0) is 13.3 Å². The lowest BCUT2D eigenvalue weighted by Crippen LogP contribution is -2.42. The first kappa shape index (κ1) is 14.8. The van der Waals surface area contributed by atoms with Crippen molar-refractivity contribution in [3.05, 3.63) is 12.7 Å². The molecule has 0 radical (unpaired) electrons. The fourth-order valence-corrected chi connectivity index (χ4v) is 3.15. The molecule has 90 valence electrons. The molecule has 0 aromatic rings. The average molecular weight is 233 g/mol. The summed E-state index contributed by atoms with van der Waals surface area (Å²) >= 11 is 0. The molecule has 0 unspecified atom stereocenters. The van der Waals surface area contributed by atoms with Gasteiger partial charge in [0, 0.05) is 33.9 Å². The molecular formula is C10H23NO3Si. The molecule has 0 aliphatic carbocycles. The SMILES string of the molecule is C=CCNCCCC[Si](OC)(OC)OC. The maximum absolute atomic E-state index is 5.32. The van der Waals surface area contributed by atoms with E-state index in [0.717, 1.165) is 32.0 Å². The minimum atomic E-state index is -2.33. The van der Waals surface area contributed by atoms with E-state index in [1.54, 1.807) is 21.3 Å². The van der Waals surface area contributed by atoms with Crippen molar-refractivity contribution in [2.45, 2.75) is 18.9 Å². The van der Waals surface area contributed by atoms with Crippen molar-refractivity contribution in [3.63, 3.8) is 0 Å². The number of hydrogen-bond donors (Lipinski definition) is 1. The van der Waals surface area contributed by atoms with Crippen LogP contribution < -0.4 is 5.32 Å². The molecule has 0 fully saturated rings. The first-order chi connectivity index (χ1) is 7.24. The summed E-state index contributed by atoms with van der Waals surface area (Å²) in [7, 11) is 2.61. The summed E-state index contributed by atoms with van der Waals surface area (Å²) in [4.78, 5) is 0. The zero-order chi connectivity index (χ0) is 11.6. The van der Waals surface area contributed by atoms with Crippen molar-refractivity contribution >= 4 is 8.80 Å². The Balaban J connectivity index is 3.58. The summed E-state index contributed by atoms with van der Waals surface area (Å²) < 4.78 is 16.0. The van der Waals surface area contributed by atoms with Crippen molar-refractivity contribution in [2.24, 2.45) is 0 Å². The highest BCUT2D eigenvalue weighted by Crippen LogP contribution is 2.15. The third kappa shape index (κ3) is 6.06. The molecule has 0 heterocycles. The van der Waals surface area contributed by atoms with Gasteiger partial charge in [0.15, 0.2) is 0 Å². The topological polar surface area (TPSA) is 39.7 Å². The van der Waals surface area contributed by atoms with Gasteiger partial charge in [0.1, 0.15) is 0 Å². The van der Waals surface area contributed by atoms with Crippen LogP contribution in [0.2, 0.25) is 6.04 Å². The molecule has 0 saturated heterocycles. The summed E-state index contributed by atoms with van der Waals surface area (Å²) in [5, 5.41) is 3.25. The van der Waals surface area contributed by atoms with E-state index in [1.807, 2.05) is 6.08 Å². The van der Waals surface area contributed by atoms with Crippen molar-refractivity contribution in [1.82, 2.24) is 5.32 Å². The van der Waals surface area contributed by atoms with Crippen LogP contribution >= 0.6 is 0 Å². The quantitative estimate of drug-likeness (QED) is 0.352. The summed E-state index contributed by atoms with van der Waals surface area (Å²) in [5.74, 6) is 0. The van der Waals surface area contributed by atoms with E-state index in [9.17, 15) is 0 Å². The van der Waals surface area contributed by atoms with Crippen LogP contribution in [0.1, 0.15) is 12.8 Å². The molecule has 1 N–H and O–H groups in total. The Bertz CT molecular complexity index is 154. The van der Waals surface area contributed by atoms with Gasteiger partial charge in [0.25, 0.3) is 0 Å². The Morgan fingerprint density at radius 2 is 1.73 bits per heavy atom. The smallest absolute Gasteiger partial charge is 0.377 e. The van der Waals surface area contributed by atoms with Gasteiger partial charge in [-0.15, -0.1) is 6.58 Å². The van der Waals surface area contributed by atoms with Crippen molar-refractivity contribution < 1.29 is 13.3 Å². The molecule has 0 saturated carbocycles. The summed E-state index contributed by atoms with van der Waals surface area (Å²) in [6.07, 6.45) is 4.00. The molecule has 0 aliphatic heterocycles. The van der Waals surface area contributed by atoms with Gasteiger partial charge < -0.3 is 18.6 Å². The van der Waals surface area contributed by atoms with Gasteiger partial charge in [-0.3, -0.25) is 0 Å². The van der Waals surface area contributed by atoms with E-state index in [0.29, 0.717) is 0 Å². The second kappa shape index (κ2) is 9.05. The van der Waals surface area contributed by atoms with E-state index in [1.165, 1.54) is 0 Å². The van der Waals surface area contributed by atoms with Crippen LogP contribution in [-0.4, -0.2) is 43.2 Å². The molecule has 0 aromatic heterocycles. The van der Waals surface area contributed by atoms with E-state index < -0.39 is 8.80 Å². The Morgan fingerprint density at radius 3 is 2.20 bits per heavy atom. The Kier molecular flexibility index (Phi) is 8.93. The molecule has 0 aliphatic rings. The number of unbranched alkanes of at least 4 members (excludes halogenated alkanes) is 1. The largest absolute Gasteiger partial charge is 0.500 e. The monoisotopic (exact) mass is 233 g/mol. The highest BCUT2D eigenvalue weighted by atomic mass is 28.4. The van der Waals surface area contributed by atoms with Crippen molar-refractivity contribution in [2.75, 3.05) is 34.4 Å². The number of rotatable bonds is 10. The molecule has 0 atom stereocenters. The van der Waals surface area contributed by atoms with Crippen LogP contribution in [0.4, 0.5) is 0 Å².